The largest absolute Gasteiger partial charge is 0.417 e. The fourth-order valence-electron chi connectivity index (χ4n) is 3.82. The fourth-order valence-corrected chi connectivity index (χ4v) is 5.50. The SMILES string of the molecule is CC(NC(=O)C1CCC(NS(=O)(=O)c2ccc(C(F)(F)F)c(Cl)c2)CC1)c1ccc(F)cc1. The lowest BCUT2D eigenvalue weighted by Gasteiger charge is -2.29. The van der Waals surface area contributed by atoms with Crippen LogP contribution in [0.15, 0.2) is 47.4 Å². The van der Waals surface area contributed by atoms with E-state index in [1.807, 2.05) is 0 Å². The molecule has 2 N–H and O–H groups in total. The Morgan fingerprint density at radius 2 is 1.67 bits per heavy atom. The van der Waals surface area contributed by atoms with Crippen molar-refractivity contribution < 1.29 is 30.8 Å². The predicted molar refractivity (Wildman–Crippen MR) is 115 cm³/mol. The van der Waals surface area contributed by atoms with Crippen molar-refractivity contribution in [3.05, 3.63) is 64.4 Å². The summed E-state index contributed by atoms with van der Waals surface area (Å²) in [5, 5.41) is 2.20. The van der Waals surface area contributed by atoms with E-state index >= 15 is 0 Å². The second kappa shape index (κ2) is 9.99. The third-order valence-corrected chi connectivity index (χ3v) is 7.54. The number of amides is 1. The van der Waals surface area contributed by atoms with E-state index < -0.39 is 32.8 Å². The number of rotatable bonds is 6. The van der Waals surface area contributed by atoms with E-state index in [0.29, 0.717) is 31.7 Å². The molecule has 11 heteroatoms. The third-order valence-electron chi connectivity index (χ3n) is 5.70. The molecule has 1 fully saturated rings. The van der Waals surface area contributed by atoms with E-state index in [4.69, 9.17) is 11.6 Å². The molecular weight excluding hydrogens is 484 g/mol. The minimum Gasteiger partial charge on any atom is -0.349 e. The average Bonchev–Trinajstić information content (AvgIpc) is 2.73. The maximum absolute atomic E-state index is 13.1. The molecular formula is C22H23ClF4N2O3S. The number of carbonyl (C=O) groups excluding carboxylic acids is 1. The molecule has 1 unspecified atom stereocenters. The zero-order chi connectivity index (χ0) is 24.4. The lowest BCUT2D eigenvalue weighted by molar-refractivity contribution is -0.137. The Kier molecular flexibility index (Phi) is 7.70. The van der Waals surface area contributed by atoms with Gasteiger partial charge in [-0.2, -0.15) is 13.2 Å². The van der Waals surface area contributed by atoms with Crippen molar-refractivity contribution in [3.63, 3.8) is 0 Å². The molecule has 1 atom stereocenters. The van der Waals surface area contributed by atoms with Gasteiger partial charge in [0.05, 0.1) is 21.5 Å². The molecule has 0 aliphatic heterocycles. The standard InChI is InChI=1S/C22H23ClF4N2O3S/c1-13(14-2-6-16(24)7-3-14)28-21(30)15-4-8-17(9-5-15)29-33(31,32)18-10-11-19(20(23)12-18)22(25,26)27/h2-3,6-7,10-13,15,17,29H,4-5,8-9H2,1H3,(H,28,30). The second-order valence-electron chi connectivity index (χ2n) is 8.09. The van der Waals surface area contributed by atoms with Crippen LogP contribution in [-0.2, 0) is 21.0 Å². The molecule has 1 amide bonds. The molecule has 33 heavy (non-hydrogen) atoms. The molecule has 0 bridgehead atoms. The molecule has 0 aromatic heterocycles. The number of alkyl halides is 3. The van der Waals surface area contributed by atoms with Crippen molar-refractivity contribution in [2.24, 2.45) is 5.92 Å². The van der Waals surface area contributed by atoms with E-state index in [1.165, 1.54) is 12.1 Å². The summed E-state index contributed by atoms with van der Waals surface area (Å²) in [5.41, 5.74) is -0.342. The van der Waals surface area contributed by atoms with Crippen LogP contribution in [0.1, 0.15) is 49.8 Å². The summed E-state index contributed by atoms with van der Waals surface area (Å²) in [6.07, 6.45) is -2.99. The number of hydrogen-bond acceptors (Lipinski definition) is 3. The Hall–Kier alpha value is -2.17. The summed E-state index contributed by atoms with van der Waals surface area (Å²) in [5.74, 6) is -0.826. The van der Waals surface area contributed by atoms with Gasteiger partial charge in [0, 0.05) is 12.0 Å². The highest BCUT2D eigenvalue weighted by Gasteiger charge is 2.34. The van der Waals surface area contributed by atoms with Crippen molar-refractivity contribution in [2.45, 2.75) is 55.8 Å². The van der Waals surface area contributed by atoms with E-state index in [-0.39, 0.29) is 28.6 Å². The molecule has 3 rings (SSSR count). The van der Waals surface area contributed by atoms with Crippen LogP contribution in [0.5, 0.6) is 0 Å². The Bertz CT molecular complexity index is 1100. The van der Waals surface area contributed by atoms with Gasteiger partial charge in [0.15, 0.2) is 0 Å². The number of halogens is 5. The van der Waals surface area contributed by atoms with Crippen LogP contribution in [0.2, 0.25) is 5.02 Å². The normalized spacial score (nSPS) is 20.3. The quantitative estimate of drug-likeness (QED) is 0.528. The van der Waals surface area contributed by atoms with Gasteiger partial charge in [-0.25, -0.2) is 17.5 Å². The molecule has 0 saturated heterocycles. The van der Waals surface area contributed by atoms with Crippen molar-refractivity contribution >= 4 is 27.5 Å². The lowest BCUT2D eigenvalue weighted by Crippen LogP contribution is -2.41. The minimum absolute atomic E-state index is 0.164. The van der Waals surface area contributed by atoms with Gasteiger partial charge in [-0.05, 0) is 68.5 Å². The smallest absolute Gasteiger partial charge is 0.349 e. The molecule has 2 aromatic rings. The highest BCUT2D eigenvalue weighted by molar-refractivity contribution is 7.89. The summed E-state index contributed by atoms with van der Waals surface area (Å²) in [6, 6.07) is 7.36. The topological polar surface area (TPSA) is 75.3 Å². The van der Waals surface area contributed by atoms with E-state index in [0.717, 1.165) is 17.7 Å². The van der Waals surface area contributed by atoms with Crippen molar-refractivity contribution in [1.82, 2.24) is 10.0 Å². The van der Waals surface area contributed by atoms with Gasteiger partial charge < -0.3 is 5.32 Å². The van der Waals surface area contributed by atoms with Crippen LogP contribution in [-0.4, -0.2) is 20.4 Å². The van der Waals surface area contributed by atoms with Gasteiger partial charge in [-0.1, -0.05) is 23.7 Å². The third kappa shape index (κ3) is 6.45. The second-order valence-corrected chi connectivity index (χ2v) is 10.2. The van der Waals surface area contributed by atoms with Gasteiger partial charge in [0.1, 0.15) is 5.82 Å². The Balaban J connectivity index is 1.55. The highest BCUT2D eigenvalue weighted by Crippen LogP contribution is 2.36. The summed E-state index contributed by atoms with van der Waals surface area (Å²) < 4.78 is 79.3. The van der Waals surface area contributed by atoms with Gasteiger partial charge in [0.2, 0.25) is 15.9 Å². The zero-order valence-corrected chi connectivity index (χ0v) is 19.2. The van der Waals surface area contributed by atoms with Crippen LogP contribution >= 0.6 is 11.6 Å². The maximum Gasteiger partial charge on any atom is 0.417 e. The maximum atomic E-state index is 13.1. The molecule has 1 aliphatic carbocycles. The number of sulfonamides is 1. The number of hydrogen-bond donors (Lipinski definition) is 2. The van der Waals surface area contributed by atoms with Crippen LogP contribution in [0, 0.1) is 11.7 Å². The number of benzene rings is 2. The van der Waals surface area contributed by atoms with Gasteiger partial charge >= 0.3 is 6.18 Å². The van der Waals surface area contributed by atoms with Crippen LogP contribution in [0.3, 0.4) is 0 Å². The monoisotopic (exact) mass is 506 g/mol. The zero-order valence-electron chi connectivity index (χ0n) is 17.6. The molecule has 0 radical (unpaired) electrons. The minimum atomic E-state index is -4.68. The average molecular weight is 507 g/mol. The van der Waals surface area contributed by atoms with E-state index in [1.54, 1.807) is 19.1 Å². The molecule has 1 aliphatic rings. The van der Waals surface area contributed by atoms with Gasteiger partial charge in [-0.15, -0.1) is 0 Å². The summed E-state index contributed by atoms with van der Waals surface area (Å²) in [6.45, 7) is 1.79. The first kappa shape index (κ1) is 25.5. The summed E-state index contributed by atoms with van der Waals surface area (Å²) in [7, 11) is -4.07. The summed E-state index contributed by atoms with van der Waals surface area (Å²) in [4.78, 5) is 12.2. The number of carbonyl (C=O) groups is 1. The predicted octanol–water partition coefficient (Wildman–Crippen LogP) is 5.21. The Morgan fingerprint density at radius 3 is 2.21 bits per heavy atom. The van der Waals surface area contributed by atoms with Crippen molar-refractivity contribution in [2.75, 3.05) is 0 Å². The molecule has 1 saturated carbocycles. The van der Waals surface area contributed by atoms with E-state index in [9.17, 15) is 30.8 Å². The molecule has 0 heterocycles. The van der Waals surface area contributed by atoms with Gasteiger partial charge in [0.25, 0.3) is 0 Å². The molecule has 0 spiro atoms. The summed E-state index contributed by atoms with van der Waals surface area (Å²) >= 11 is 5.64. The lowest BCUT2D eigenvalue weighted by atomic mass is 9.85. The van der Waals surface area contributed by atoms with Crippen molar-refractivity contribution in [1.29, 1.82) is 0 Å². The molecule has 180 valence electrons. The highest BCUT2D eigenvalue weighted by atomic mass is 35.5. The van der Waals surface area contributed by atoms with Crippen LogP contribution in [0.25, 0.3) is 0 Å². The van der Waals surface area contributed by atoms with Crippen molar-refractivity contribution in [3.8, 4) is 0 Å². The molecule has 5 nitrogen and oxygen atoms in total. The first-order chi connectivity index (χ1) is 15.4. The molecule has 2 aromatic carbocycles. The first-order valence-electron chi connectivity index (χ1n) is 10.3. The van der Waals surface area contributed by atoms with Gasteiger partial charge in [-0.3, -0.25) is 4.79 Å². The van der Waals surface area contributed by atoms with E-state index in [2.05, 4.69) is 10.0 Å². The van der Waals surface area contributed by atoms with Crippen LogP contribution in [0.4, 0.5) is 17.6 Å². The number of nitrogens with one attached hydrogen (secondary N) is 2. The Morgan fingerprint density at radius 1 is 1.06 bits per heavy atom. The first-order valence-corrected chi connectivity index (χ1v) is 12.2. The Labute approximate surface area is 194 Å². The fraction of sp³-hybridized carbons (Fsp3) is 0.409. The van der Waals surface area contributed by atoms with Crippen LogP contribution < -0.4 is 10.0 Å².